The number of piperazine rings is 1. The molecule has 6 heterocycles. The van der Waals surface area contributed by atoms with E-state index in [1.54, 1.807) is 12.0 Å². The fraction of sp³-hybridized carbons (Fsp3) is 0.600. The summed E-state index contributed by atoms with van der Waals surface area (Å²) in [5, 5.41) is 10.9. The predicted molar refractivity (Wildman–Crippen MR) is 200 cm³/mol. The van der Waals surface area contributed by atoms with Gasteiger partial charge in [-0.25, -0.2) is 0 Å². The van der Waals surface area contributed by atoms with Crippen LogP contribution in [-0.4, -0.2) is 108 Å². The number of rotatable bonds is 10. The van der Waals surface area contributed by atoms with Gasteiger partial charge in [0.2, 0.25) is 5.91 Å². The lowest BCUT2D eigenvalue weighted by Crippen LogP contribution is -2.55. The number of nitrogens with zero attached hydrogens (tertiary/aromatic N) is 8. The Labute approximate surface area is 306 Å². The van der Waals surface area contributed by atoms with Crippen molar-refractivity contribution in [3.05, 3.63) is 53.4 Å². The van der Waals surface area contributed by atoms with Crippen molar-refractivity contribution in [3.8, 4) is 12.1 Å². The van der Waals surface area contributed by atoms with Crippen LogP contribution >= 0.6 is 0 Å². The minimum Gasteiger partial charge on any atom is -0.461 e. The molecule has 52 heavy (non-hydrogen) atoms. The predicted octanol–water partition coefficient (Wildman–Crippen LogP) is 5.06. The van der Waals surface area contributed by atoms with Gasteiger partial charge >= 0.3 is 6.01 Å². The number of nitriles is 1. The van der Waals surface area contributed by atoms with Crippen LogP contribution in [0.4, 0.5) is 11.5 Å². The van der Waals surface area contributed by atoms with Crippen LogP contribution in [0.25, 0.3) is 10.9 Å². The smallest absolute Gasteiger partial charge is 0.318 e. The van der Waals surface area contributed by atoms with Crippen molar-refractivity contribution in [1.82, 2.24) is 24.3 Å². The Hall–Kier alpha value is -4.18. The number of aromatic nitrogens is 3. The van der Waals surface area contributed by atoms with Crippen LogP contribution in [0.15, 0.2) is 31.0 Å². The van der Waals surface area contributed by atoms with Gasteiger partial charge in [0.15, 0.2) is 0 Å². The minimum atomic E-state index is -0.252. The molecule has 1 amide bonds. The van der Waals surface area contributed by atoms with E-state index in [0.29, 0.717) is 38.8 Å². The SMILES string of the molecule is C=CC(=O)N1CCN(c2nc(OCC3(N4CCC(OC)C4)CC3)nc3c2CCN(c2c(C)c(C)cc4c2ccn4C2CCCCO2)C3)C[C@@H]1CC#N. The zero-order valence-electron chi connectivity index (χ0n) is 31.0. The molecule has 4 fully saturated rings. The van der Waals surface area contributed by atoms with E-state index in [9.17, 15) is 10.1 Å². The van der Waals surface area contributed by atoms with E-state index in [1.165, 1.54) is 40.2 Å². The number of ether oxygens (including phenoxy) is 3. The summed E-state index contributed by atoms with van der Waals surface area (Å²) in [5.74, 6) is 0.728. The van der Waals surface area contributed by atoms with Crippen molar-refractivity contribution in [2.75, 3.05) is 69.4 Å². The third-order valence-electron chi connectivity index (χ3n) is 12.3. The quantitative estimate of drug-likeness (QED) is 0.265. The molecule has 1 aliphatic carbocycles. The molecule has 12 heteroatoms. The number of methoxy groups -OCH3 is 1. The number of aryl methyl sites for hydroxylation is 1. The Morgan fingerprint density at radius 1 is 1.13 bits per heavy atom. The van der Waals surface area contributed by atoms with E-state index in [4.69, 9.17) is 24.2 Å². The van der Waals surface area contributed by atoms with E-state index < -0.39 is 0 Å². The largest absolute Gasteiger partial charge is 0.461 e. The molecule has 5 aliphatic rings. The molecule has 8 rings (SSSR count). The highest BCUT2D eigenvalue weighted by Crippen LogP contribution is 2.45. The normalized spacial score (nSPS) is 24.5. The second kappa shape index (κ2) is 14.3. The molecule has 1 aromatic carbocycles. The Morgan fingerprint density at radius 2 is 2.00 bits per heavy atom. The standard InChI is InChI=1S/C40H52N8O4/c1-5-35(49)47-20-19-45(23-29(47)9-15-41)38-31-11-16-44(37-28(3)27(2)22-34-32(37)12-18-48(34)36-8-6-7-21-51-36)25-33(31)42-39(43-38)52-26-40(13-14-40)46-17-10-30(24-46)50-4/h5,12,18,22,29-30,36H,1,6-11,13-14,16-17,19-21,23-26H2,2-4H3/t29-,30?,36?/m0/s1. The maximum Gasteiger partial charge on any atom is 0.318 e. The van der Waals surface area contributed by atoms with Crippen molar-refractivity contribution in [1.29, 1.82) is 5.26 Å². The highest BCUT2D eigenvalue weighted by Gasteiger charge is 2.51. The molecular weight excluding hydrogens is 656 g/mol. The summed E-state index contributed by atoms with van der Waals surface area (Å²) < 4.78 is 20.8. The molecule has 3 aromatic rings. The van der Waals surface area contributed by atoms with Gasteiger partial charge in [-0.2, -0.15) is 15.2 Å². The van der Waals surface area contributed by atoms with E-state index in [1.807, 2.05) is 0 Å². The molecule has 0 radical (unpaired) electrons. The molecule has 2 unspecified atom stereocenters. The Kier molecular flexibility index (Phi) is 9.61. The molecule has 12 nitrogen and oxygen atoms in total. The van der Waals surface area contributed by atoms with E-state index in [2.05, 4.69) is 64.1 Å². The molecule has 3 saturated heterocycles. The zero-order valence-corrected chi connectivity index (χ0v) is 31.0. The summed E-state index contributed by atoms with van der Waals surface area (Å²) >= 11 is 0. The summed E-state index contributed by atoms with van der Waals surface area (Å²) in [6, 6.07) is 7.02. The molecule has 1 saturated carbocycles. The van der Waals surface area contributed by atoms with Crippen LogP contribution in [0.2, 0.25) is 0 Å². The molecule has 0 spiro atoms. The monoisotopic (exact) mass is 708 g/mol. The third-order valence-corrected chi connectivity index (χ3v) is 12.3. The van der Waals surface area contributed by atoms with Gasteiger partial charge in [-0.1, -0.05) is 6.58 Å². The first kappa shape index (κ1) is 34.9. The third kappa shape index (κ3) is 6.41. The first-order valence-corrected chi connectivity index (χ1v) is 19.1. The topological polar surface area (TPSA) is 112 Å². The highest BCUT2D eigenvalue weighted by atomic mass is 16.5. The molecule has 276 valence electrons. The number of amides is 1. The van der Waals surface area contributed by atoms with Gasteiger partial charge in [-0.05, 0) is 88.1 Å². The summed E-state index contributed by atoms with van der Waals surface area (Å²) in [4.78, 5) is 32.0. The summed E-state index contributed by atoms with van der Waals surface area (Å²) in [6.07, 6.45) is 11.5. The Bertz CT molecular complexity index is 1870. The molecular formula is C40H52N8O4. The molecule has 2 aromatic heterocycles. The van der Waals surface area contributed by atoms with Crippen LogP contribution in [0, 0.1) is 25.2 Å². The number of benzene rings is 1. The fourth-order valence-corrected chi connectivity index (χ4v) is 9.00. The fourth-order valence-electron chi connectivity index (χ4n) is 9.00. The van der Waals surface area contributed by atoms with Gasteiger partial charge in [0.05, 0.1) is 47.9 Å². The Morgan fingerprint density at radius 3 is 2.73 bits per heavy atom. The van der Waals surface area contributed by atoms with Gasteiger partial charge in [0, 0.05) is 75.8 Å². The van der Waals surface area contributed by atoms with Crippen molar-refractivity contribution in [2.24, 2.45) is 0 Å². The van der Waals surface area contributed by atoms with Gasteiger partial charge in [0.1, 0.15) is 18.7 Å². The molecule has 4 aliphatic heterocycles. The highest BCUT2D eigenvalue weighted by molar-refractivity contribution is 5.96. The van der Waals surface area contributed by atoms with Crippen LogP contribution in [0.3, 0.4) is 0 Å². The summed E-state index contributed by atoms with van der Waals surface area (Å²) in [7, 11) is 1.80. The van der Waals surface area contributed by atoms with Crippen molar-refractivity contribution in [2.45, 2.75) is 95.7 Å². The number of likely N-dealkylation sites (tertiary alicyclic amines) is 1. The summed E-state index contributed by atoms with van der Waals surface area (Å²) in [5.41, 5.74) is 7.12. The second-order valence-electron chi connectivity index (χ2n) is 15.4. The van der Waals surface area contributed by atoms with E-state index in [-0.39, 0.29) is 36.2 Å². The lowest BCUT2D eigenvalue weighted by molar-refractivity contribution is -0.128. The second-order valence-corrected chi connectivity index (χ2v) is 15.4. The number of hydrogen-bond donors (Lipinski definition) is 0. The first-order valence-electron chi connectivity index (χ1n) is 19.1. The van der Waals surface area contributed by atoms with Gasteiger partial charge in [-0.15, -0.1) is 0 Å². The van der Waals surface area contributed by atoms with Crippen LogP contribution in [0.1, 0.15) is 73.6 Å². The van der Waals surface area contributed by atoms with Crippen molar-refractivity contribution < 1.29 is 19.0 Å². The minimum absolute atomic E-state index is 0.00674. The van der Waals surface area contributed by atoms with Gasteiger partial charge in [0.25, 0.3) is 0 Å². The van der Waals surface area contributed by atoms with E-state index >= 15 is 0 Å². The van der Waals surface area contributed by atoms with Crippen LogP contribution in [-0.2, 0) is 27.2 Å². The van der Waals surface area contributed by atoms with Crippen LogP contribution < -0.4 is 14.5 Å². The number of hydrogen-bond acceptors (Lipinski definition) is 10. The van der Waals surface area contributed by atoms with Crippen molar-refractivity contribution >= 4 is 28.3 Å². The molecule has 0 N–H and O–H groups in total. The first-order chi connectivity index (χ1) is 25.3. The van der Waals surface area contributed by atoms with Gasteiger partial charge < -0.3 is 33.5 Å². The maximum absolute atomic E-state index is 12.7. The number of carbonyl (C=O) groups is 1. The number of anilines is 2. The molecule has 3 atom stereocenters. The lowest BCUT2D eigenvalue weighted by Gasteiger charge is -2.42. The molecule has 0 bridgehead atoms. The maximum atomic E-state index is 12.7. The average molecular weight is 709 g/mol. The number of fused-ring (bicyclic) bond motifs is 2. The number of carbonyl (C=O) groups excluding carboxylic acids is 1. The zero-order chi connectivity index (χ0) is 36.0. The van der Waals surface area contributed by atoms with Crippen molar-refractivity contribution in [3.63, 3.8) is 0 Å². The van der Waals surface area contributed by atoms with E-state index in [0.717, 1.165) is 81.8 Å². The van der Waals surface area contributed by atoms with Crippen LogP contribution in [0.5, 0.6) is 6.01 Å². The lowest BCUT2D eigenvalue weighted by atomic mass is 9.98. The Balaban J connectivity index is 1.12. The summed E-state index contributed by atoms with van der Waals surface area (Å²) in [6.45, 7) is 14.5. The van der Waals surface area contributed by atoms with Gasteiger partial charge in [-0.3, -0.25) is 9.69 Å². The average Bonchev–Trinajstić information content (AvgIpc) is 3.59.